The summed E-state index contributed by atoms with van der Waals surface area (Å²) < 4.78 is 69.7. The molecule has 6 nitrogen and oxygen atoms in total. The molecule has 25 heavy (non-hydrogen) atoms. The van der Waals surface area contributed by atoms with Crippen molar-refractivity contribution < 1.29 is 36.2 Å². The summed E-state index contributed by atoms with van der Waals surface area (Å²) in [4.78, 5) is 11.9. The Labute approximate surface area is 142 Å². The second-order valence-corrected chi connectivity index (χ2v) is 7.41. The minimum absolute atomic E-state index is 0.265. The molecule has 1 unspecified atom stereocenters. The third-order valence-corrected chi connectivity index (χ3v) is 5.75. The minimum atomic E-state index is -4.88. The molecule has 138 valence electrons. The molecule has 0 radical (unpaired) electrons. The van der Waals surface area contributed by atoms with E-state index in [1.165, 1.54) is 4.90 Å². The molecule has 1 aromatic rings. The molecule has 1 N–H and O–H groups in total. The molecule has 0 amide bonds. The number of hydrogen-bond acceptors (Lipinski definition) is 5. The number of halogens is 3. The van der Waals surface area contributed by atoms with Crippen LogP contribution in [0.25, 0.3) is 0 Å². The van der Waals surface area contributed by atoms with Gasteiger partial charge in [0.2, 0.25) is 0 Å². The fourth-order valence-electron chi connectivity index (χ4n) is 2.49. The highest BCUT2D eigenvalue weighted by Crippen LogP contribution is 2.33. The molecule has 0 aliphatic carbocycles. The zero-order valence-electron chi connectivity index (χ0n) is 13.0. The Bertz CT molecular complexity index is 770. The number of carboxylic acid groups (broad SMARTS) is 1. The van der Waals surface area contributed by atoms with Crippen molar-refractivity contribution in [3.05, 3.63) is 42.0 Å². The van der Waals surface area contributed by atoms with Gasteiger partial charge in [0.25, 0.3) is 0 Å². The SMILES string of the molecule is C=CC(N1CCOCC1)S(=O)(=O)c1cc(C(=O)O)cc(C(F)(F)F)c1. The average Bonchev–Trinajstić information content (AvgIpc) is 2.55. The zero-order valence-corrected chi connectivity index (χ0v) is 13.8. The number of alkyl halides is 3. The smallest absolute Gasteiger partial charge is 0.416 e. The van der Waals surface area contributed by atoms with E-state index in [4.69, 9.17) is 9.84 Å². The Morgan fingerprint density at radius 1 is 1.28 bits per heavy atom. The van der Waals surface area contributed by atoms with E-state index in [-0.39, 0.29) is 26.3 Å². The van der Waals surface area contributed by atoms with Crippen molar-refractivity contribution in [2.75, 3.05) is 26.3 Å². The predicted octanol–water partition coefficient (Wildman–Crippen LogP) is 2.02. The van der Waals surface area contributed by atoms with E-state index in [0.717, 1.165) is 12.1 Å². The number of carbonyl (C=O) groups is 1. The van der Waals surface area contributed by atoms with Gasteiger partial charge in [0.05, 0.1) is 29.2 Å². The number of benzene rings is 1. The number of carboxylic acids is 1. The lowest BCUT2D eigenvalue weighted by molar-refractivity contribution is -0.137. The molecule has 0 bridgehead atoms. The topological polar surface area (TPSA) is 83.9 Å². The Morgan fingerprint density at radius 2 is 1.88 bits per heavy atom. The maximum atomic E-state index is 13.0. The van der Waals surface area contributed by atoms with Crippen LogP contribution < -0.4 is 0 Å². The fraction of sp³-hybridized carbons (Fsp3) is 0.400. The summed E-state index contributed by atoms with van der Waals surface area (Å²) >= 11 is 0. The van der Waals surface area contributed by atoms with Crippen LogP contribution in [0, 0.1) is 0 Å². The molecule has 0 aromatic heterocycles. The normalized spacial score (nSPS) is 17.9. The van der Waals surface area contributed by atoms with Crippen LogP contribution in [0.1, 0.15) is 15.9 Å². The van der Waals surface area contributed by atoms with Crippen LogP contribution in [0.5, 0.6) is 0 Å². The lowest BCUT2D eigenvalue weighted by Crippen LogP contribution is -2.46. The van der Waals surface area contributed by atoms with Gasteiger partial charge in [-0.15, -0.1) is 6.58 Å². The molecule has 1 aliphatic heterocycles. The first-order valence-electron chi connectivity index (χ1n) is 7.21. The van der Waals surface area contributed by atoms with Crippen LogP contribution in [-0.2, 0) is 20.8 Å². The van der Waals surface area contributed by atoms with E-state index in [1.54, 1.807) is 0 Å². The van der Waals surface area contributed by atoms with Crippen molar-refractivity contribution in [1.82, 2.24) is 4.90 Å². The molecule has 1 atom stereocenters. The number of morpholine rings is 1. The number of rotatable bonds is 5. The molecule has 1 saturated heterocycles. The average molecular weight is 379 g/mol. The highest BCUT2D eigenvalue weighted by Gasteiger charge is 2.36. The van der Waals surface area contributed by atoms with Crippen molar-refractivity contribution in [3.63, 3.8) is 0 Å². The van der Waals surface area contributed by atoms with Gasteiger partial charge in [-0.25, -0.2) is 13.2 Å². The van der Waals surface area contributed by atoms with Crippen molar-refractivity contribution in [3.8, 4) is 0 Å². The summed E-state index contributed by atoms with van der Waals surface area (Å²) in [7, 11) is -4.30. The number of ether oxygens (including phenoxy) is 1. The molecule has 0 spiro atoms. The Hall–Kier alpha value is -1.91. The molecule has 10 heteroatoms. The standard InChI is InChI=1S/C15H16F3NO5S/c1-2-13(19-3-5-24-6-4-19)25(22,23)12-8-10(14(20)21)7-11(9-12)15(16,17)18/h2,7-9,13H,1,3-6H2,(H,20,21). The van der Waals surface area contributed by atoms with E-state index >= 15 is 0 Å². The molecule has 0 saturated carbocycles. The summed E-state index contributed by atoms with van der Waals surface area (Å²) in [6.45, 7) is 4.55. The Kier molecular flexibility index (Phi) is 5.55. The number of sulfone groups is 1. The second kappa shape index (κ2) is 7.14. The van der Waals surface area contributed by atoms with Crippen molar-refractivity contribution in [2.24, 2.45) is 0 Å². The second-order valence-electron chi connectivity index (χ2n) is 5.37. The van der Waals surface area contributed by atoms with E-state index in [9.17, 15) is 26.4 Å². The summed E-state index contributed by atoms with van der Waals surface area (Å²) in [5, 5.41) is 7.72. The van der Waals surface area contributed by atoms with Gasteiger partial charge in [0, 0.05) is 13.1 Å². The Balaban J connectivity index is 2.55. The van der Waals surface area contributed by atoms with Crippen LogP contribution in [0.4, 0.5) is 13.2 Å². The van der Waals surface area contributed by atoms with E-state index in [1.807, 2.05) is 0 Å². The largest absolute Gasteiger partial charge is 0.478 e. The summed E-state index contributed by atoms with van der Waals surface area (Å²) in [5.41, 5.74) is -2.09. The first-order chi connectivity index (χ1) is 11.6. The summed E-state index contributed by atoms with van der Waals surface area (Å²) in [6, 6.07) is 1.57. The van der Waals surface area contributed by atoms with E-state index in [2.05, 4.69) is 6.58 Å². The molecular weight excluding hydrogens is 363 g/mol. The van der Waals surface area contributed by atoms with Crippen molar-refractivity contribution >= 4 is 15.8 Å². The van der Waals surface area contributed by atoms with Gasteiger partial charge in [-0.3, -0.25) is 4.90 Å². The highest BCUT2D eigenvalue weighted by atomic mass is 32.2. The lowest BCUT2D eigenvalue weighted by atomic mass is 10.1. The van der Waals surface area contributed by atoms with Gasteiger partial charge < -0.3 is 9.84 Å². The first kappa shape index (κ1) is 19.4. The van der Waals surface area contributed by atoms with Crippen LogP contribution in [0.15, 0.2) is 35.7 Å². The van der Waals surface area contributed by atoms with Crippen LogP contribution in [-0.4, -0.2) is 56.1 Å². The van der Waals surface area contributed by atoms with Gasteiger partial charge in [0.1, 0.15) is 5.37 Å². The zero-order chi connectivity index (χ0) is 18.8. The maximum absolute atomic E-state index is 13.0. The number of hydrogen-bond donors (Lipinski definition) is 1. The van der Waals surface area contributed by atoms with Gasteiger partial charge in [-0.05, 0) is 18.2 Å². The molecular formula is C15H16F3NO5S. The van der Waals surface area contributed by atoms with Crippen LogP contribution in [0.2, 0.25) is 0 Å². The minimum Gasteiger partial charge on any atom is -0.478 e. The molecule has 2 rings (SSSR count). The van der Waals surface area contributed by atoms with E-state index in [0.29, 0.717) is 12.1 Å². The third kappa shape index (κ3) is 4.20. The monoisotopic (exact) mass is 379 g/mol. The first-order valence-corrected chi connectivity index (χ1v) is 8.76. The molecule has 1 aliphatic rings. The fourth-order valence-corrected chi connectivity index (χ4v) is 4.21. The molecule has 1 heterocycles. The van der Waals surface area contributed by atoms with Crippen LogP contribution >= 0.6 is 0 Å². The highest BCUT2D eigenvalue weighted by molar-refractivity contribution is 7.92. The Morgan fingerprint density at radius 3 is 2.36 bits per heavy atom. The van der Waals surface area contributed by atoms with Crippen LogP contribution in [0.3, 0.4) is 0 Å². The molecule has 1 fully saturated rings. The van der Waals surface area contributed by atoms with Gasteiger partial charge in [-0.2, -0.15) is 13.2 Å². The number of nitrogens with zero attached hydrogens (tertiary/aromatic N) is 1. The lowest BCUT2D eigenvalue weighted by Gasteiger charge is -2.32. The van der Waals surface area contributed by atoms with Crippen molar-refractivity contribution in [1.29, 1.82) is 0 Å². The van der Waals surface area contributed by atoms with Gasteiger partial charge >= 0.3 is 12.1 Å². The van der Waals surface area contributed by atoms with Crippen molar-refractivity contribution in [2.45, 2.75) is 16.4 Å². The van der Waals surface area contributed by atoms with Gasteiger partial charge in [0.15, 0.2) is 9.84 Å². The third-order valence-electron chi connectivity index (χ3n) is 3.73. The van der Waals surface area contributed by atoms with Gasteiger partial charge in [-0.1, -0.05) is 6.08 Å². The summed E-state index contributed by atoms with van der Waals surface area (Å²) in [5.74, 6) is -1.65. The molecule has 1 aromatic carbocycles. The quantitative estimate of drug-likeness (QED) is 0.788. The maximum Gasteiger partial charge on any atom is 0.416 e. The van der Waals surface area contributed by atoms with E-state index < -0.39 is 43.4 Å². The number of aromatic carboxylic acids is 1. The predicted molar refractivity (Wildman–Crippen MR) is 82.0 cm³/mol. The summed E-state index contributed by atoms with van der Waals surface area (Å²) in [6.07, 6.45) is -3.76.